The number of nitrogens with two attached hydrogens (primary N) is 1. The normalized spacial score (nSPS) is 16.3. The van der Waals surface area contributed by atoms with Crippen molar-refractivity contribution in [1.29, 1.82) is 5.26 Å². The summed E-state index contributed by atoms with van der Waals surface area (Å²) in [6.45, 7) is 8.10. The molecule has 0 rings (SSSR count). The van der Waals surface area contributed by atoms with Crippen LogP contribution in [0.2, 0.25) is 0 Å². The predicted molar refractivity (Wildman–Crippen MR) is 68.0 cm³/mol. The van der Waals surface area contributed by atoms with Crippen molar-refractivity contribution in [2.45, 2.75) is 38.5 Å². The van der Waals surface area contributed by atoms with E-state index < -0.39 is 5.54 Å². The molecule has 2 atom stereocenters. The van der Waals surface area contributed by atoms with Crippen molar-refractivity contribution < 1.29 is 4.79 Å². The van der Waals surface area contributed by atoms with Gasteiger partial charge in [-0.15, -0.1) is 11.8 Å². The first kappa shape index (κ1) is 15.3. The number of rotatable bonds is 6. The Morgan fingerprint density at radius 1 is 1.56 bits per heavy atom. The molecule has 0 fully saturated rings. The summed E-state index contributed by atoms with van der Waals surface area (Å²) in [6, 6.07) is 2.14. The van der Waals surface area contributed by atoms with Gasteiger partial charge in [-0.3, -0.25) is 4.79 Å². The van der Waals surface area contributed by atoms with E-state index in [0.717, 1.165) is 0 Å². The zero-order valence-electron chi connectivity index (χ0n) is 10.4. The highest BCUT2D eigenvalue weighted by molar-refractivity contribution is 8.00. The average Bonchev–Trinajstić information content (AvgIpc) is 2.25. The molecular weight excluding hydrogens is 222 g/mol. The SMILES string of the molecule is CC(CN)SCC(=O)NC(C)(C#N)C(C)C. The Morgan fingerprint density at radius 2 is 2.12 bits per heavy atom. The van der Waals surface area contributed by atoms with E-state index in [4.69, 9.17) is 11.0 Å². The van der Waals surface area contributed by atoms with E-state index in [1.165, 1.54) is 11.8 Å². The topological polar surface area (TPSA) is 78.9 Å². The molecule has 0 aliphatic carbocycles. The maximum absolute atomic E-state index is 11.6. The fraction of sp³-hybridized carbons (Fsp3) is 0.818. The standard InChI is InChI=1S/C11H21N3OS/c1-8(2)11(4,7-13)14-10(15)6-16-9(3)5-12/h8-9H,5-6,12H2,1-4H3,(H,14,15). The van der Waals surface area contributed by atoms with Crippen LogP contribution in [0.25, 0.3) is 0 Å². The van der Waals surface area contributed by atoms with Crippen LogP contribution >= 0.6 is 11.8 Å². The summed E-state index contributed by atoms with van der Waals surface area (Å²) in [5, 5.41) is 12.1. The second-order valence-electron chi connectivity index (χ2n) is 4.37. The highest BCUT2D eigenvalue weighted by Gasteiger charge is 2.29. The van der Waals surface area contributed by atoms with Crippen LogP contribution in [-0.4, -0.2) is 29.0 Å². The number of carbonyl (C=O) groups is 1. The third-order valence-electron chi connectivity index (χ3n) is 2.62. The van der Waals surface area contributed by atoms with Gasteiger partial charge in [0.2, 0.25) is 5.91 Å². The predicted octanol–water partition coefficient (Wildman–Crippen LogP) is 1.12. The first-order valence-corrected chi connectivity index (χ1v) is 6.44. The summed E-state index contributed by atoms with van der Waals surface area (Å²) < 4.78 is 0. The van der Waals surface area contributed by atoms with Gasteiger partial charge >= 0.3 is 0 Å². The van der Waals surface area contributed by atoms with Crippen molar-refractivity contribution in [3.63, 3.8) is 0 Å². The van der Waals surface area contributed by atoms with E-state index in [-0.39, 0.29) is 17.1 Å². The van der Waals surface area contributed by atoms with Crippen molar-refractivity contribution in [1.82, 2.24) is 5.32 Å². The molecule has 0 aliphatic rings. The van der Waals surface area contributed by atoms with Gasteiger partial charge in [-0.2, -0.15) is 5.26 Å². The molecule has 0 aromatic rings. The van der Waals surface area contributed by atoms with Crippen LogP contribution in [0.4, 0.5) is 0 Å². The highest BCUT2D eigenvalue weighted by Crippen LogP contribution is 2.16. The van der Waals surface area contributed by atoms with Crippen LogP contribution in [0, 0.1) is 17.2 Å². The van der Waals surface area contributed by atoms with Crippen LogP contribution in [-0.2, 0) is 4.79 Å². The largest absolute Gasteiger partial charge is 0.337 e. The second kappa shape index (κ2) is 6.77. The molecule has 0 heterocycles. The zero-order chi connectivity index (χ0) is 12.8. The van der Waals surface area contributed by atoms with E-state index >= 15 is 0 Å². The Balaban J connectivity index is 4.19. The van der Waals surface area contributed by atoms with Crippen LogP contribution < -0.4 is 11.1 Å². The maximum atomic E-state index is 11.6. The molecule has 3 N–H and O–H groups in total. The van der Waals surface area contributed by atoms with Gasteiger partial charge in [-0.1, -0.05) is 20.8 Å². The molecule has 2 unspecified atom stereocenters. The summed E-state index contributed by atoms with van der Waals surface area (Å²) >= 11 is 1.50. The van der Waals surface area contributed by atoms with E-state index in [1.807, 2.05) is 20.8 Å². The molecule has 0 saturated heterocycles. The molecule has 0 aromatic carbocycles. The molecule has 16 heavy (non-hydrogen) atoms. The summed E-state index contributed by atoms with van der Waals surface area (Å²) in [4.78, 5) is 11.6. The first-order valence-electron chi connectivity index (χ1n) is 5.39. The number of thioether (sulfide) groups is 1. The van der Waals surface area contributed by atoms with Crippen molar-refractivity contribution in [3.8, 4) is 6.07 Å². The lowest BCUT2D eigenvalue weighted by Gasteiger charge is -2.27. The molecule has 1 amide bonds. The maximum Gasteiger partial charge on any atom is 0.231 e. The molecule has 0 bridgehead atoms. The molecular formula is C11H21N3OS. The number of carbonyl (C=O) groups excluding carboxylic acids is 1. The molecule has 92 valence electrons. The minimum absolute atomic E-state index is 0.0818. The fourth-order valence-corrected chi connectivity index (χ4v) is 1.56. The van der Waals surface area contributed by atoms with Crippen molar-refractivity contribution in [3.05, 3.63) is 0 Å². The number of hydrogen-bond acceptors (Lipinski definition) is 4. The van der Waals surface area contributed by atoms with Gasteiger partial charge in [0.05, 0.1) is 11.8 Å². The first-order chi connectivity index (χ1) is 7.35. The number of nitrogens with zero attached hydrogens (tertiary/aromatic N) is 1. The van der Waals surface area contributed by atoms with E-state index in [2.05, 4.69) is 11.4 Å². The molecule has 4 nitrogen and oxygen atoms in total. The molecule has 0 saturated carbocycles. The van der Waals surface area contributed by atoms with Crippen LogP contribution in [0.1, 0.15) is 27.7 Å². The smallest absolute Gasteiger partial charge is 0.231 e. The van der Waals surface area contributed by atoms with Crippen molar-refractivity contribution in [2.24, 2.45) is 11.7 Å². The third-order valence-corrected chi connectivity index (χ3v) is 3.81. The van der Waals surface area contributed by atoms with Gasteiger partial charge in [-0.05, 0) is 12.8 Å². The minimum Gasteiger partial charge on any atom is -0.337 e. The third kappa shape index (κ3) is 4.86. The molecule has 0 spiro atoms. The Morgan fingerprint density at radius 3 is 2.50 bits per heavy atom. The lowest BCUT2D eigenvalue weighted by molar-refractivity contribution is -0.120. The molecule has 0 aliphatic heterocycles. The Labute approximate surface area is 102 Å². The Hall–Kier alpha value is -0.730. The van der Waals surface area contributed by atoms with Gasteiger partial charge in [0.15, 0.2) is 0 Å². The fourth-order valence-electron chi connectivity index (χ4n) is 0.913. The van der Waals surface area contributed by atoms with E-state index in [0.29, 0.717) is 12.3 Å². The molecule has 0 aromatic heterocycles. The van der Waals surface area contributed by atoms with E-state index in [1.54, 1.807) is 6.92 Å². The number of hydrogen-bond donors (Lipinski definition) is 2. The van der Waals surface area contributed by atoms with Gasteiger partial charge in [0.25, 0.3) is 0 Å². The lowest BCUT2D eigenvalue weighted by atomic mass is 9.90. The van der Waals surface area contributed by atoms with Crippen LogP contribution in [0.15, 0.2) is 0 Å². The Bertz CT molecular complexity index is 275. The summed E-state index contributed by atoms with van der Waals surface area (Å²) in [6.07, 6.45) is 0. The summed E-state index contributed by atoms with van der Waals surface area (Å²) in [7, 11) is 0. The zero-order valence-corrected chi connectivity index (χ0v) is 11.2. The number of nitrogens with one attached hydrogen (secondary N) is 1. The van der Waals surface area contributed by atoms with Gasteiger partial charge in [-0.25, -0.2) is 0 Å². The average molecular weight is 243 g/mol. The van der Waals surface area contributed by atoms with Crippen molar-refractivity contribution >= 4 is 17.7 Å². The van der Waals surface area contributed by atoms with Gasteiger partial charge in [0, 0.05) is 11.8 Å². The molecule has 0 radical (unpaired) electrons. The van der Waals surface area contributed by atoms with Crippen LogP contribution in [0.5, 0.6) is 0 Å². The number of nitriles is 1. The Kier molecular flexibility index (Phi) is 6.46. The van der Waals surface area contributed by atoms with Gasteiger partial charge in [0.1, 0.15) is 5.54 Å². The number of amides is 1. The highest BCUT2D eigenvalue weighted by atomic mass is 32.2. The van der Waals surface area contributed by atoms with Crippen molar-refractivity contribution in [2.75, 3.05) is 12.3 Å². The summed E-state index contributed by atoms with van der Waals surface area (Å²) in [5.41, 5.74) is 4.67. The van der Waals surface area contributed by atoms with Crippen LogP contribution in [0.3, 0.4) is 0 Å². The molecule has 5 heteroatoms. The quantitative estimate of drug-likeness (QED) is 0.732. The summed E-state index contributed by atoms with van der Waals surface area (Å²) in [5.74, 6) is 0.323. The lowest BCUT2D eigenvalue weighted by Crippen LogP contribution is -2.49. The van der Waals surface area contributed by atoms with Gasteiger partial charge < -0.3 is 11.1 Å². The van der Waals surface area contributed by atoms with E-state index in [9.17, 15) is 4.79 Å². The minimum atomic E-state index is -0.788. The monoisotopic (exact) mass is 243 g/mol. The second-order valence-corrected chi connectivity index (χ2v) is 5.80.